The van der Waals surface area contributed by atoms with Gasteiger partial charge in [-0.3, -0.25) is 19.2 Å². The van der Waals surface area contributed by atoms with E-state index in [1.807, 2.05) is 19.9 Å². The van der Waals surface area contributed by atoms with Gasteiger partial charge < -0.3 is 9.84 Å². The number of ketones is 3. The first kappa shape index (κ1) is 21.4. The summed E-state index contributed by atoms with van der Waals surface area (Å²) in [7, 11) is 0. The van der Waals surface area contributed by atoms with Crippen LogP contribution in [0, 0.1) is 28.6 Å². The molecule has 7 heteroatoms. The van der Waals surface area contributed by atoms with Gasteiger partial charge >= 0.3 is 5.97 Å². The van der Waals surface area contributed by atoms with E-state index in [1.165, 1.54) is 13.0 Å². The molecule has 3 saturated carbocycles. The second-order valence-corrected chi connectivity index (χ2v) is 10.3. The molecule has 0 bridgehead atoms. The second kappa shape index (κ2) is 6.86. The van der Waals surface area contributed by atoms with Crippen molar-refractivity contribution in [1.82, 2.24) is 0 Å². The SMILES string of the molecule is CC(=O)OCC(=O)[C@]1(O)CC[C@H]2[C@@H]3C[C@@H](Cl)C4=CC(=O)C=C[C@]4(C)[C@H]3C(=O)C[C@@]21C. The van der Waals surface area contributed by atoms with Crippen LogP contribution in [-0.2, 0) is 23.9 Å². The number of hydrogen-bond donors (Lipinski definition) is 1. The van der Waals surface area contributed by atoms with Gasteiger partial charge in [0.1, 0.15) is 11.4 Å². The molecule has 0 radical (unpaired) electrons. The van der Waals surface area contributed by atoms with Gasteiger partial charge in [0, 0.05) is 30.1 Å². The monoisotopic (exact) mass is 434 g/mol. The molecule has 4 rings (SSSR count). The van der Waals surface area contributed by atoms with E-state index in [-0.39, 0.29) is 47.5 Å². The third kappa shape index (κ3) is 2.79. The summed E-state index contributed by atoms with van der Waals surface area (Å²) in [5.74, 6) is -1.79. The first-order chi connectivity index (χ1) is 13.9. The fourth-order valence-corrected chi connectivity index (χ4v) is 7.30. The molecule has 4 aliphatic rings. The number of alkyl halides is 1. The number of aliphatic hydroxyl groups is 1. The van der Waals surface area contributed by atoms with Crippen LogP contribution in [0.2, 0.25) is 0 Å². The first-order valence-corrected chi connectivity index (χ1v) is 10.9. The minimum Gasteiger partial charge on any atom is -0.458 e. The van der Waals surface area contributed by atoms with Crippen molar-refractivity contribution in [1.29, 1.82) is 0 Å². The third-order valence-corrected chi connectivity index (χ3v) is 8.67. The van der Waals surface area contributed by atoms with E-state index in [0.717, 1.165) is 5.57 Å². The Morgan fingerprint density at radius 1 is 1.30 bits per heavy atom. The highest BCUT2D eigenvalue weighted by Gasteiger charge is 2.69. The normalized spacial score (nSPS) is 44.6. The van der Waals surface area contributed by atoms with Crippen LogP contribution in [0.25, 0.3) is 0 Å². The molecule has 0 aliphatic heterocycles. The Bertz CT molecular complexity index is 905. The molecule has 4 aliphatic carbocycles. The molecule has 3 fully saturated rings. The van der Waals surface area contributed by atoms with Gasteiger partial charge in [-0.25, -0.2) is 0 Å². The van der Waals surface area contributed by atoms with Crippen molar-refractivity contribution < 1.29 is 29.0 Å². The lowest BCUT2D eigenvalue weighted by molar-refractivity contribution is -0.172. The quantitative estimate of drug-likeness (QED) is 0.541. The van der Waals surface area contributed by atoms with Gasteiger partial charge in [-0.1, -0.05) is 19.9 Å². The van der Waals surface area contributed by atoms with Crippen LogP contribution >= 0.6 is 11.6 Å². The van der Waals surface area contributed by atoms with Crippen molar-refractivity contribution in [3.05, 3.63) is 23.8 Å². The van der Waals surface area contributed by atoms with E-state index in [4.69, 9.17) is 16.3 Å². The highest BCUT2D eigenvalue weighted by atomic mass is 35.5. The molecule has 0 aromatic heterocycles. The number of allylic oxidation sites excluding steroid dienone is 4. The zero-order valence-electron chi connectivity index (χ0n) is 17.4. The Morgan fingerprint density at radius 2 is 2.00 bits per heavy atom. The Balaban J connectivity index is 1.71. The predicted octanol–water partition coefficient (Wildman–Crippen LogP) is 2.55. The number of fused-ring (bicyclic) bond motifs is 5. The van der Waals surface area contributed by atoms with E-state index in [0.29, 0.717) is 12.8 Å². The average molecular weight is 435 g/mol. The minimum absolute atomic E-state index is 0.0182. The fraction of sp³-hybridized carbons (Fsp3) is 0.652. The van der Waals surface area contributed by atoms with E-state index in [1.54, 1.807) is 6.08 Å². The molecule has 6 nitrogen and oxygen atoms in total. The lowest BCUT2D eigenvalue weighted by Crippen LogP contribution is -2.61. The molecular formula is C23H27ClO6. The standard InChI is InChI=1S/C23H27ClO6/c1-12(25)30-11-19(28)23(29)7-5-15-14-9-17(24)16-8-13(26)4-6-21(16,2)20(14)18(27)10-22(15,23)3/h4,6,8,14-15,17,20,29H,5,7,9-11H2,1-3H3/t14-,15-,17+,20+,21-,22-,23+/m0/s1. The van der Waals surface area contributed by atoms with Crippen LogP contribution in [0.1, 0.15) is 46.5 Å². The zero-order chi connectivity index (χ0) is 22.1. The summed E-state index contributed by atoms with van der Waals surface area (Å²) in [6.45, 7) is 4.48. The van der Waals surface area contributed by atoms with Crippen LogP contribution < -0.4 is 0 Å². The number of halogens is 1. The Labute approximate surface area is 180 Å². The lowest BCUT2D eigenvalue weighted by Gasteiger charge is -2.57. The second-order valence-electron chi connectivity index (χ2n) is 9.73. The van der Waals surface area contributed by atoms with Crippen LogP contribution in [0.5, 0.6) is 0 Å². The molecule has 0 unspecified atom stereocenters. The van der Waals surface area contributed by atoms with Gasteiger partial charge in [0.25, 0.3) is 0 Å². The first-order valence-electron chi connectivity index (χ1n) is 10.4. The summed E-state index contributed by atoms with van der Waals surface area (Å²) in [5.41, 5.74) is -2.51. The summed E-state index contributed by atoms with van der Waals surface area (Å²) in [6, 6.07) is 0. The van der Waals surface area contributed by atoms with Crippen LogP contribution in [-0.4, -0.2) is 46.0 Å². The summed E-state index contributed by atoms with van der Waals surface area (Å²) in [6.07, 6.45) is 6.28. The largest absolute Gasteiger partial charge is 0.458 e. The maximum absolute atomic E-state index is 13.5. The van der Waals surface area contributed by atoms with Crippen molar-refractivity contribution in [2.45, 2.75) is 57.4 Å². The smallest absolute Gasteiger partial charge is 0.303 e. The van der Waals surface area contributed by atoms with E-state index in [2.05, 4.69) is 0 Å². The lowest BCUT2D eigenvalue weighted by atomic mass is 9.46. The number of carbonyl (C=O) groups is 4. The number of carbonyl (C=O) groups excluding carboxylic acids is 4. The maximum Gasteiger partial charge on any atom is 0.303 e. The van der Waals surface area contributed by atoms with Gasteiger partial charge in [-0.2, -0.15) is 0 Å². The molecule has 0 heterocycles. The van der Waals surface area contributed by atoms with Crippen LogP contribution in [0.15, 0.2) is 23.8 Å². The predicted molar refractivity (Wildman–Crippen MR) is 109 cm³/mol. The molecule has 7 atom stereocenters. The highest BCUT2D eigenvalue weighted by molar-refractivity contribution is 6.23. The Morgan fingerprint density at radius 3 is 2.67 bits per heavy atom. The van der Waals surface area contributed by atoms with Gasteiger partial charge in [-0.05, 0) is 48.8 Å². The number of hydrogen-bond acceptors (Lipinski definition) is 6. The summed E-state index contributed by atoms with van der Waals surface area (Å²) in [5, 5.41) is 11.1. The van der Waals surface area contributed by atoms with E-state index in [9.17, 15) is 24.3 Å². The highest BCUT2D eigenvalue weighted by Crippen LogP contribution is 2.66. The number of rotatable bonds is 3. The number of Topliss-reactive ketones (excluding diaryl/α,β-unsaturated/α-hetero) is 2. The molecule has 0 aromatic carbocycles. The molecule has 0 spiro atoms. The minimum atomic E-state index is -1.72. The topological polar surface area (TPSA) is 97.7 Å². The fourth-order valence-electron chi connectivity index (χ4n) is 6.79. The summed E-state index contributed by atoms with van der Waals surface area (Å²) in [4.78, 5) is 49.4. The third-order valence-electron chi connectivity index (χ3n) is 8.26. The molecule has 162 valence electrons. The number of esters is 1. The molecule has 0 saturated heterocycles. The van der Waals surface area contributed by atoms with Crippen molar-refractivity contribution in [2.75, 3.05) is 6.61 Å². The van der Waals surface area contributed by atoms with Gasteiger partial charge in [-0.15, -0.1) is 11.6 Å². The average Bonchev–Trinajstić information content (AvgIpc) is 2.93. The van der Waals surface area contributed by atoms with E-state index >= 15 is 0 Å². The Kier molecular flexibility index (Phi) is 4.90. The molecule has 0 aromatic rings. The Hall–Kier alpha value is -1.79. The molecule has 30 heavy (non-hydrogen) atoms. The van der Waals surface area contributed by atoms with Gasteiger partial charge in [0.2, 0.25) is 5.78 Å². The van der Waals surface area contributed by atoms with Gasteiger partial charge in [0.15, 0.2) is 12.4 Å². The van der Waals surface area contributed by atoms with E-state index < -0.39 is 34.8 Å². The summed E-state index contributed by atoms with van der Waals surface area (Å²) >= 11 is 6.71. The number of ether oxygens (including phenoxy) is 1. The van der Waals surface area contributed by atoms with Crippen LogP contribution in [0.4, 0.5) is 0 Å². The molecular weight excluding hydrogens is 408 g/mol. The molecule has 1 N–H and O–H groups in total. The van der Waals surface area contributed by atoms with Crippen molar-refractivity contribution in [2.24, 2.45) is 28.6 Å². The van der Waals surface area contributed by atoms with Crippen LogP contribution in [0.3, 0.4) is 0 Å². The van der Waals surface area contributed by atoms with Gasteiger partial charge in [0.05, 0.1) is 5.38 Å². The maximum atomic E-state index is 13.5. The molecule has 0 amide bonds. The zero-order valence-corrected chi connectivity index (χ0v) is 18.2. The van der Waals surface area contributed by atoms with Crippen molar-refractivity contribution in [3.63, 3.8) is 0 Å². The summed E-state index contributed by atoms with van der Waals surface area (Å²) < 4.78 is 4.85. The van der Waals surface area contributed by atoms with Crippen molar-refractivity contribution >= 4 is 34.9 Å². The van der Waals surface area contributed by atoms with Crippen molar-refractivity contribution in [3.8, 4) is 0 Å².